The molecule has 1 heterocycles. The van der Waals surface area contributed by atoms with Crippen molar-refractivity contribution in [3.8, 4) is 11.5 Å². The third-order valence-corrected chi connectivity index (χ3v) is 5.61. The number of furan rings is 1. The van der Waals surface area contributed by atoms with E-state index in [9.17, 15) is 13.2 Å². The van der Waals surface area contributed by atoms with E-state index < -0.39 is 16.1 Å². The van der Waals surface area contributed by atoms with Crippen molar-refractivity contribution in [3.05, 3.63) is 72.7 Å². The van der Waals surface area contributed by atoms with Crippen molar-refractivity contribution in [1.82, 2.24) is 4.72 Å². The summed E-state index contributed by atoms with van der Waals surface area (Å²) in [4.78, 5) is 12.5. The molecule has 0 saturated heterocycles. The lowest BCUT2D eigenvalue weighted by Gasteiger charge is -2.16. The van der Waals surface area contributed by atoms with Crippen LogP contribution in [0.15, 0.2) is 76.2 Å². The van der Waals surface area contributed by atoms with Gasteiger partial charge in [0.15, 0.2) is 17.6 Å². The molecule has 1 atom stereocenters. The first-order chi connectivity index (χ1) is 14.4. The van der Waals surface area contributed by atoms with E-state index in [0.717, 1.165) is 0 Å². The summed E-state index contributed by atoms with van der Waals surface area (Å²) in [7, 11) is -2.19. The van der Waals surface area contributed by atoms with Gasteiger partial charge in [0.1, 0.15) is 5.76 Å². The molecule has 2 aromatic carbocycles. The number of rotatable bonds is 9. The quantitative estimate of drug-likeness (QED) is 0.540. The topological polar surface area (TPSA) is 107 Å². The number of anilines is 1. The number of hydrogen-bond acceptors (Lipinski definition) is 6. The molecular formula is C21H22N2O6S. The number of hydrogen-bond donors (Lipinski definition) is 2. The Hall–Kier alpha value is -3.30. The molecule has 3 rings (SSSR count). The first-order valence-electron chi connectivity index (χ1n) is 9.11. The summed E-state index contributed by atoms with van der Waals surface area (Å²) >= 11 is 0. The molecule has 9 heteroatoms. The number of nitrogens with one attached hydrogen (secondary N) is 2. The van der Waals surface area contributed by atoms with Gasteiger partial charge >= 0.3 is 0 Å². The lowest BCUT2D eigenvalue weighted by molar-refractivity contribution is -0.122. The Bertz CT molecular complexity index is 1080. The largest absolute Gasteiger partial charge is 0.493 e. The summed E-state index contributed by atoms with van der Waals surface area (Å²) in [6.07, 6.45) is 0.680. The van der Waals surface area contributed by atoms with Crippen LogP contribution in [0.5, 0.6) is 11.5 Å². The highest BCUT2D eigenvalue weighted by Crippen LogP contribution is 2.27. The minimum atomic E-state index is -3.71. The monoisotopic (exact) mass is 430 g/mol. The van der Waals surface area contributed by atoms with Crippen LogP contribution in [-0.4, -0.2) is 27.5 Å². The molecule has 0 aliphatic rings. The van der Waals surface area contributed by atoms with E-state index in [0.29, 0.717) is 22.9 Å². The van der Waals surface area contributed by atoms with Crippen molar-refractivity contribution in [2.45, 2.75) is 24.5 Å². The Kier molecular flexibility index (Phi) is 6.76. The standard InChI is InChI=1S/C21H22N2O6S/c1-15(29-20-8-4-3-7-19(20)27-2)21(24)23-16-9-11-18(12-10-16)30(25,26)22-14-17-6-5-13-28-17/h3-13,15,22H,14H2,1-2H3,(H,23,24). The fourth-order valence-electron chi connectivity index (χ4n) is 2.58. The van der Waals surface area contributed by atoms with E-state index in [1.54, 1.807) is 43.3 Å². The fourth-order valence-corrected chi connectivity index (χ4v) is 3.58. The fraction of sp³-hybridized carbons (Fsp3) is 0.190. The smallest absolute Gasteiger partial charge is 0.265 e. The van der Waals surface area contributed by atoms with Gasteiger partial charge in [-0.1, -0.05) is 12.1 Å². The van der Waals surface area contributed by atoms with Crippen molar-refractivity contribution in [3.63, 3.8) is 0 Å². The number of methoxy groups -OCH3 is 1. The number of carbonyl (C=O) groups is 1. The van der Waals surface area contributed by atoms with Crippen LogP contribution >= 0.6 is 0 Å². The summed E-state index contributed by atoms with van der Waals surface area (Å²) in [5.41, 5.74) is 0.445. The van der Waals surface area contributed by atoms with Crippen LogP contribution in [-0.2, 0) is 21.4 Å². The molecule has 1 unspecified atom stereocenters. The maximum atomic E-state index is 12.4. The summed E-state index contributed by atoms with van der Waals surface area (Å²) in [6, 6.07) is 16.2. The molecule has 3 aromatic rings. The number of carbonyl (C=O) groups excluding carboxylic acids is 1. The van der Waals surface area contributed by atoms with Gasteiger partial charge in [0.25, 0.3) is 5.91 Å². The zero-order chi connectivity index (χ0) is 21.6. The molecule has 1 amide bonds. The van der Waals surface area contributed by atoms with E-state index in [1.807, 2.05) is 0 Å². The van der Waals surface area contributed by atoms with Gasteiger partial charge < -0.3 is 19.2 Å². The molecule has 30 heavy (non-hydrogen) atoms. The third-order valence-electron chi connectivity index (χ3n) is 4.19. The molecule has 0 saturated carbocycles. The first kappa shape index (κ1) is 21.4. The van der Waals surface area contributed by atoms with Crippen LogP contribution in [0.25, 0.3) is 0 Å². The normalized spacial score (nSPS) is 12.2. The zero-order valence-electron chi connectivity index (χ0n) is 16.5. The van der Waals surface area contributed by atoms with Crippen LogP contribution in [0.2, 0.25) is 0 Å². The molecule has 0 aliphatic carbocycles. The number of amides is 1. The number of benzene rings is 2. The molecule has 1 aromatic heterocycles. The van der Waals surface area contributed by atoms with E-state index in [-0.39, 0.29) is 17.3 Å². The van der Waals surface area contributed by atoms with Crippen molar-refractivity contribution >= 4 is 21.6 Å². The first-order valence-corrected chi connectivity index (χ1v) is 10.6. The van der Waals surface area contributed by atoms with Gasteiger partial charge in [0.2, 0.25) is 10.0 Å². The molecular weight excluding hydrogens is 408 g/mol. The second-order valence-electron chi connectivity index (χ2n) is 6.33. The van der Waals surface area contributed by atoms with E-state index >= 15 is 0 Å². The van der Waals surface area contributed by atoms with E-state index in [4.69, 9.17) is 13.9 Å². The van der Waals surface area contributed by atoms with Crippen LogP contribution in [0.1, 0.15) is 12.7 Å². The van der Waals surface area contributed by atoms with Gasteiger partial charge in [0, 0.05) is 5.69 Å². The van der Waals surface area contributed by atoms with Gasteiger partial charge in [-0.3, -0.25) is 4.79 Å². The maximum absolute atomic E-state index is 12.4. The number of sulfonamides is 1. The van der Waals surface area contributed by atoms with Crippen molar-refractivity contribution in [2.75, 3.05) is 12.4 Å². The Morgan fingerprint density at radius 2 is 1.73 bits per heavy atom. The van der Waals surface area contributed by atoms with E-state index in [2.05, 4.69) is 10.0 Å². The lowest BCUT2D eigenvalue weighted by Crippen LogP contribution is -2.30. The van der Waals surface area contributed by atoms with Crippen molar-refractivity contribution < 1.29 is 27.1 Å². The number of para-hydroxylation sites is 2. The molecule has 0 spiro atoms. The number of ether oxygens (including phenoxy) is 2. The Labute approximate surface area is 174 Å². The Balaban J connectivity index is 1.59. The molecule has 158 valence electrons. The summed E-state index contributed by atoms with van der Waals surface area (Å²) < 4.78 is 43.2. The van der Waals surface area contributed by atoms with Gasteiger partial charge in [-0.15, -0.1) is 0 Å². The molecule has 8 nitrogen and oxygen atoms in total. The third kappa shape index (κ3) is 5.40. The van der Waals surface area contributed by atoms with Gasteiger partial charge in [-0.2, -0.15) is 0 Å². The molecule has 0 radical (unpaired) electrons. The molecule has 0 aliphatic heterocycles. The maximum Gasteiger partial charge on any atom is 0.265 e. The van der Waals surface area contributed by atoms with Crippen LogP contribution in [0.4, 0.5) is 5.69 Å². The average Bonchev–Trinajstić information content (AvgIpc) is 3.27. The zero-order valence-corrected chi connectivity index (χ0v) is 17.3. The van der Waals surface area contributed by atoms with Crippen molar-refractivity contribution in [2.24, 2.45) is 0 Å². The minimum absolute atomic E-state index is 0.0472. The summed E-state index contributed by atoms with van der Waals surface area (Å²) in [5.74, 6) is 1.10. The Morgan fingerprint density at radius 3 is 2.37 bits per heavy atom. The van der Waals surface area contributed by atoms with Crippen LogP contribution < -0.4 is 19.5 Å². The predicted molar refractivity (Wildman–Crippen MR) is 111 cm³/mol. The molecule has 2 N–H and O–H groups in total. The second kappa shape index (κ2) is 9.47. The van der Waals surface area contributed by atoms with Gasteiger partial charge in [0.05, 0.1) is 24.8 Å². The van der Waals surface area contributed by atoms with Crippen LogP contribution in [0.3, 0.4) is 0 Å². The summed E-state index contributed by atoms with van der Waals surface area (Å²) in [6.45, 7) is 1.66. The second-order valence-corrected chi connectivity index (χ2v) is 8.10. The molecule has 0 bridgehead atoms. The Morgan fingerprint density at radius 1 is 1.03 bits per heavy atom. The molecule has 0 fully saturated rings. The lowest BCUT2D eigenvalue weighted by atomic mass is 10.3. The van der Waals surface area contributed by atoms with Gasteiger partial charge in [-0.25, -0.2) is 13.1 Å². The average molecular weight is 430 g/mol. The predicted octanol–water partition coefficient (Wildman–Crippen LogP) is 3.17. The highest BCUT2D eigenvalue weighted by molar-refractivity contribution is 7.89. The highest BCUT2D eigenvalue weighted by atomic mass is 32.2. The SMILES string of the molecule is COc1ccccc1OC(C)C(=O)Nc1ccc(S(=O)(=O)NCc2ccco2)cc1. The van der Waals surface area contributed by atoms with Crippen LogP contribution in [0, 0.1) is 0 Å². The minimum Gasteiger partial charge on any atom is -0.493 e. The van der Waals surface area contributed by atoms with Crippen molar-refractivity contribution in [1.29, 1.82) is 0 Å². The summed E-state index contributed by atoms with van der Waals surface area (Å²) in [5, 5.41) is 2.70. The highest BCUT2D eigenvalue weighted by Gasteiger charge is 2.18. The van der Waals surface area contributed by atoms with Gasteiger partial charge in [-0.05, 0) is 55.5 Å². The van der Waals surface area contributed by atoms with E-state index in [1.165, 1.54) is 37.6 Å².